The zero-order valence-electron chi connectivity index (χ0n) is 23.7. The number of likely N-dealkylation sites (tertiary alicyclic amines) is 2. The highest BCUT2D eigenvalue weighted by molar-refractivity contribution is 5.95. The molecule has 1 aromatic heterocycles. The van der Waals surface area contributed by atoms with Crippen molar-refractivity contribution in [3.63, 3.8) is 0 Å². The van der Waals surface area contributed by atoms with E-state index in [4.69, 9.17) is 4.74 Å². The number of carbonyl (C=O) groups is 1. The molecule has 0 aliphatic carbocycles. The van der Waals surface area contributed by atoms with Gasteiger partial charge in [0.2, 0.25) is 0 Å². The minimum Gasteiger partial charge on any atom is -0.507 e. The van der Waals surface area contributed by atoms with Crippen molar-refractivity contribution in [2.24, 2.45) is 0 Å². The van der Waals surface area contributed by atoms with E-state index in [1.165, 1.54) is 25.0 Å². The number of nitro benzene ring substituents is 1. The van der Waals surface area contributed by atoms with E-state index in [-0.39, 0.29) is 18.1 Å². The van der Waals surface area contributed by atoms with E-state index in [9.17, 15) is 20.0 Å². The average Bonchev–Trinajstić information content (AvgIpc) is 3.22. The second kappa shape index (κ2) is 12.4. The number of nitrogens with zero attached hydrogens (tertiary/aromatic N) is 4. The van der Waals surface area contributed by atoms with E-state index in [1.54, 1.807) is 19.1 Å². The molecule has 0 atom stereocenters. The largest absolute Gasteiger partial charge is 0.507 e. The van der Waals surface area contributed by atoms with Crippen molar-refractivity contribution in [3.05, 3.63) is 62.8 Å². The lowest BCUT2D eigenvalue weighted by atomic mass is 9.98. The van der Waals surface area contributed by atoms with Crippen molar-refractivity contribution >= 4 is 22.6 Å². The number of rotatable bonds is 9. The molecular weight excluding hydrogens is 508 g/mol. The van der Waals surface area contributed by atoms with Crippen molar-refractivity contribution in [2.45, 2.75) is 71.9 Å². The Bertz CT molecular complexity index is 1370. The molecule has 5 rings (SSSR count). The highest BCUT2D eigenvalue weighted by Crippen LogP contribution is 2.40. The van der Waals surface area contributed by atoms with Gasteiger partial charge in [0.15, 0.2) is 0 Å². The molecule has 0 amide bonds. The first-order valence-electron chi connectivity index (χ1n) is 14.6. The van der Waals surface area contributed by atoms with Crippen LogP contribution in [0, 0.1) is 17.0 Å². The predicted octanol–water partition coefficient (Wildman–Crippen LogP) is 5.63. The Kier molecular flexibility index (Phi) is 8.71. The Balaban J connectivity index is 1.72. The van der Waals surface area contributed by atoms with Gasteiger partial charge in [0.1, 0.15) is 5.75 Å². The average molecular weight is 549 g/mol. The van der Waals surface area contributed by atoms with E-state index < -0.39 is 4.92 Å². The number of non-ortho nitro benzene ring substituents is 1. The van der Waals surface area contributed by atoms with Crippen LogP contribution < -0.4 is 0 Å². The lowest BCUT2D eigenvalue weighted by Crippen LogP contribution is -2.30. The SMILES string of the molecule is CCOC(=O)Cc1c(C)n(-c2ccc([N+](=O)[O-])cc2)c2c(CN3CCCCC3)c(O)c(CN3CCCCC3)cc12. The van der Waals surface area contributed by atoms with Gasteiger partial charge in [-0.2, -0.15) is 0 Å². The summed E-state index contributed by atoms with van der Waals surface area (Å²) < 4.78 is 7.40. The topological polar surface area (TPSA) is 101 Å². The third kappa shape index (κ3) is 5.86. The number of benzene rings is 2. The van der Waals surface area contributed by atoms with Gasteiger partial charge in [-0.15, -0.1) is 0 Å². The number of esters is 1. The van der Waals surface area contributed by atoms with Crippen LogP contribution in [0.5, 0.6) is 5.75 Å². The van der Waals surface area contributed by atoms with Crippen molar-refractivity contribution in [1.29, 1.82) is 0 Å². The summed E-state index contributed by atoms with van der Waals surface area (Å²) in [7, 11) is 0. The summed E-state index contributed by atoms with van der Waals surface area (Å²) in [5.41, 5.74) is 5.10. The summed E-state index contributed by atoms with van der Waals surface area (Å²) in [5, 5.41) is 24.1. The number of hydrogen-bond donors (Lipinski definition) is 1. The molecule has 2 aliphatic heterocycles. The molecule has 9 heteroatoms. The van der Waals surface area contributed by atoms with Crippen LogP contribution in [0.3, 0.4) is 0 Å². The molecular formula is C31H40N4O5. The van der Waals surface area contributed by atoms with Crippen LogP contribution >= 0.6 is 0 Å². The summed E-state index contributed by atoms with van der Waals surface area (Å²) in [4.78, 5) is 28.5. The van der Waals surface area contributed by atoms with Gasteiger partial charge in [-0.3, -0.25) is 24.7 Å². The first-order chi connectivity index (χ1) is 19.4. The molecule has 9 nitrogen and oxygen atoms in total. The Morgan fingerprint density at radius 2 is 1.55 bits per heavy atom. The molecule has 214 valence electrons. The highest BCUT2D eigenvalue weighted by Gasteiger charge is 2.27. The van der Waals surface area contributed by atoms with Gasteiger partial charge in [-0.25, -0.2) is 0 Å². The van der Waals surface area contributed by atoms with Gasteiger partial charge in [-0.05, 0) is 89.5 Å². The second-order valence-electron chi connectivity index (χ2n) is 11.1. The van der Waals surface area contributed by atoms with Crippen molar-refractivity contribution in [3.8, 4) is 11.4 Å². The third-order valence-corrected chi connectivity index (χ3v) is 8.39. The van der Waals surface area contributed by atoms with Gasteiger partial charge >= 0.3 is 5.97 Å². The fourth-order valence-electron chi connectivity index (χ4n) is 6.36. The van der Waals surface area contributed by atoms with Gasteiger partial charge in [0.05, 0.1) is 23.5 Å². The van der Waals surface area contributed by atoms with Crippen LogP contribution in [0.2, 0.25) is 0 Å². The molecule has 0 spiro atoms. The van der Waals surface area contributed by atoms with Crippen molar-refractivity contribution in [2.75, 3.05) is 32.8 Å². The molecule has 2 aromatic carbocycles. The number of aromatic nitrogens is 1. The Hall–Kier alpha value is -3.43. The minimum atomic E-state index is -0.406. The molecule has 0 saturated carbocycles. The molecule has 3 heterocycles. The van der Waals surface area contributed by atoms with Crippen molar-refractivity contribution < 1.29 is 19.6 Å². The highest BCUT2D eigenvalue weighted by atomic mass is 16.6. The van der Waals surface area contributed by atoms with Crippen LogP contribution in [0.15, 0.2) is 30.3 Å². The normalized spacial score (nSPS) is 16.9. The fraction of sp³-hybridized carbons (Fsp3) is 0.516. The fourth-order valence-corrected chi connectivity index (χ4v) is 6.36. The molecule has 0 bridgehead atoms. The lowest BCUT2D eigenvalue weighted by molar-refractivity contribution is -0.384. The monoisotopic (exact) mass is 548 g/mol. The van der Waals surface area contributed by atoms with Gasteiger partial charge in [-0.1, -0.05) is 12.8 Å². The number of nitro groups is 1. The van der Waals surface area contributed by atoms with E-state index in [0.29, 0.717) is 25.4 Å². The summed E-state index contributed by atoms with van der Waals surface area (Å²) in [6.07, 6.45) is 7.16. The number of hydrogen-bond acceptors (Lipinski definition) is 7. The molecule has 1 N–H and O–H groups in total. The molecule has 3 aromatic rings. The first-order valence-corrected chi connectivity index (χ1v) is 14.6. The second-order valence-corrected chi connectivity index (χ2v) is 11.1. The number of phenols is 1. The zero-order valence-corrected chi connectivity index (χ0v) is 23.7. The number of aromatic hydroxyl groups is 1. The quantitative estimate of drug-likeness (QED) is 0.210. The summed E-state index contributed by atoms with van der Waals surface area (Å²) in [6.45, 7) is 9.32. The van der Waals surface area contributed by atoms with Crippen LogP contribution in [0.1, 0.15) is 67.8 Å². The maximum absolute atomic E-state index is 12.8. The standard InChI is InChI=1S/C31H40N4O5/c1-3-40-29(36)19-26-22(2)34(24-10-12-25(13-11-24)35(38)39)30-27(26)18-23(20-32-14-6-4-7-15-32)31(37)28(30)21-33-16-8-5-9-17-33/h10-13,18,37H,3-9,14-17,19-21H2,1-2H3. The molecule has 0 unspecified atom stereocenters. The maximum Gasteiger partial charge on any atom is 0.310 e. The predicted molar refractivity (Wildman–Crippen MR) is 155 cm³/mol. The molecule has 40 heavy (non-hydrogen) atoms. The minimum absolute atomic E-state index is 0.0183. The van der Waals surface area contributed by atoms with Crippen LogP contribution in [0.25, 0.3) is 16.6 Å². The van der Waals surface area contributed by atoms with Gasteiger partial charge in [0, 0.05) is 53.1 Å². The third-order valence-electron chi connectivity index (χ3n) is 8.39. The van der Waals surface area contributed by atoms with E-state index in [0.717, 1.165) is 90.8 Å². The number of phenolic OH excluding ortho intramolecular Hbond substituents is 1. The molecule has 0 radical (unpaired) electrons. The van der Waals surface area contributed by atoms with E-state index >= 15 is 0 Å². The Labute approximate surface area is 235 Å². The smallest absolute Gasteiger partial charge is 0.310 e. The van der Waals surface area contributed by atoms with Crippen LogP contribution in [0.4, 0.5) is 5.69 Å². The zero-order chi connectivity index (χ0) is 28.2. The Morgan fingerprint density at radius 3 is 2.12 bits per heavy atom. The summed E-state index contributed by atoms with van der Waals surface area (Å²) in [5.74, 6) is 0.0172. The lowest BCUT2D eigenvalue weighted by Gasteiger charge is -2.29. The summed E-state index contributed by atoms with van der Waals surface area (Å²) >= 11 is 0. The molecule has 2 aliphatic rings. The summed E-state index contributed by atoms with van der Waals surface area (Å²) in [6, 6.07) is 8.54. The van der Waals surface area contributed by atoms with Crippen molar-refractivity contribution in [1.82, 2.24) is 14.4 Å². The van der Waals surface area contributed by atoms with E-state index in [1.807, 2.05) is 6.92 Å². The molecule has 2 fully saturated rings. The van der Waals surface area contributed by atoms with Gasteiger partial charge < -0.3 is 14.4 Å². The Morgan fingerprint density at radius 1 is 0.950 bits per heavy atom. The van der Waals surface area contributed by atoms with Gasteiger partial charge in [0.25, 0.3) is 5.69 Å². The number of carbonyl (C=O) groups excluding carboxylic acids is 1. The number of piperidine rings is 2. The molecule has 2 saturated heterocycles. The number of fused-ring (bicyclic) bond motifs is 1. The first kappa shape index (κ1) is 28.1. The number of ether oxygens (including phenoxy) is 1. The van der Waals surface area contributed by atoms with Crippen LogP contribution in [-0.2, 0) is 29.0 Å². The van der Waals surface area contributed by atoms with E-state index in [2.05, 4.69) is 20.4 Å². The van der Waals surface area contributed by atoms with Crippen LogP contribution in [-0.4, -0.2) is 63.2 Å². The maximum atomic E-state index is 12.8.